The van der Waals surface area contributed by atoms with Gasteiger partial charge in [0.1, 0.15) is 4.90 Å². The molecule has 0 fully saturated rings. The lowest BCUT2D eigenvalue weighted by Crippen LogP contribution is -2.48. The molecule has 0 aliphatic carbocycles. The summed E-state index contributed by atoms with van der Waals surface area (Å²) in [6.45, 7) is 3.41. The third kappa shape index (κ3) is 4.98. The van der Waals surface area contributed by atoms with Crippen molar-refractivity contribution in [2.75, 3.05) is 12.8 Å². The first-order valence-corrected chi connectivity index (χ1v) is 8.75. The van der Waals surface area contributed by atoms with Crippen molar-refractivity contribution < 1.29 is 16.8 Å². The molecular weight excluding hydrogens is 326 g/mol. The second-order valence-corrected chi connectivity index (χ2v) is 8.44. The number of aromatic nitrogens is 1. The van der Waals surface area contributed by atoms with Crippen LogP contribution >= 0.6 is 12.4 Å². The van der Waals surface area contributed by atoms with E-state index in [4.69, 9.17) is 5.73 Å². The summed E-state index contributed by atoms with van der Waals surface area (Å²) in [5.74, 6) is 0. The van der Waals surface area contributed by atoms with Crippen molar-refractivity contribution in [1.29, 1.82) is 0 Å². The van der Waals surface area contributed by atoms with Crippen LogP contribution < -0.4 is 10.5 Å². The maximum absolute atomic E-state index is 12.0. The number of sulfonamides is 1. The summed E-state index contributed by atoms with van der Waals surface area (Å²) in [7, 11) is -7.23. The van der Waals surface area contributed by atoms with E-state index in [1.807, 2.05) is 0 Å². The first-order valence-electron chi connectivity index (χ1n) is 5.38. The molecule has 7 nitrogen and oxygen atoms in total. The van der Waals surface area contributed by atoms with Crippen molar-refractivity contribution in [2.24, 2.45) is 5.73 Å². The normalized spacial score (nSPS) is 12.8. The minimum Gasteiger partial charge on any atom is -0.329 e. The first kappa shape index (κ1) is 19.3. The van der Waals surface area contributed by atoms with E-state index < -0.39 is 25.4 Å². The average molecular weight is 344 g/mol. The molecule has 20 heavy (non-hydrogen) atoms. The standard InChI is InChI=1S/C10H17N3O4S2.ClH/c1-10(2,7-11)13-19(16,17)8-4-5-9(12-6-8)18(3,14)15;/h4-6,13H,7,11H2,1-3H3;1H. The summed E-state index contributed by atoms with van der Waals surface area (Å²) in [5.41, 5.74) is 4.65. The Balaban J connectivity index is 0.00000361. The molecule has 1 rings (SSSR count). The van der Waals surface area contributed by atoms with E-state index in [0.29, 0.717) is 0 Å². The molecule has 1 heterocycles. The van der Waals surface area contributed by atoms with Crippen LogP contribution in [0, 0.1) is 0 Å². The van der Waals surface area contributed by atoms with E-state index in [1.54, 1.807) is 13.8 Å². The van der Waals surface area contributed by atoms with Crippen molar-refractivity contribution in [3.63, 3.8) is 0 Å². The lowest BCUT2D eigenvalue weighted by Gasteiger charge is -2.23. The number of hydrogen-bond acceptors (Lipinski definition) is 6. The zero-order valence-electron chi connectivity index (χ0n) is 11.3. The average Bonchev–Trinajstić information content (AvgIpc) is 2.27. The van der Waals surface area contributed by atoms with Crippen LogP contribution in [0.1, 0.15) is 13.8 Å². The number of nitrogens with one attached hydrogen (secondary N) is 1. The number of sulfone groups is 1. The van der Waals surface area contributed by atoms with Gasteiger partial charge in [0, 0.05) is 24.5 Å². The highest BCUT2D eigenvalue weighted by Crippen LogP contribution is 2.13. The number of hydrogen-bond donors (Lipinski definition) is 2. The van der Waals surface area contributed by atoms with E-state index in [2.05, 4.69) is 9.71 Å². The van der Waals surface area contributed by atoms with Gasteiger partial charge in [0.25, 0.3) is 0 Å². The molecule has 0 saturated carbocycles. The number of halogens is 1. The zero-order valence-corrected chi connectivity index (χ0v) is 13.8. The van der Waals surface area contributed by atoms with Crippen molar-refractivity contribution in [1.82, 2.24) is 9.71 Å². The zero-order chi connectivity index (χ0) is 14.9. The fourth-order valence-corrected chi connectivity index (χ4v) is 3.14. The van der Waals surface area contributed by atoms with Crippen LogP contribution in [0.25, 0.3) is 0 Å². The summed E-state index contributed by atoms with van der Waals surface area (Å²) < 4.78 is 48.9. The van der Waals surface area contributed by atoms with Gasteiger partial charge in [-0.05, 0) is 26.0 Å². The van der Waals surface area contributed by atoms with Gasteiger partial charge < -0.3 is 5.73 Å². The monoisotopic (exact) mass is 343 g/mol. The Morgan fingerprint density at radius 1 is 1.25 bits per heavy atom. The summed E-state index contributed by atoms with van der Waals surface area (Å²) in [4.78, 5) is 3.52. The third-order valence-electron chi connectivity index (χ3n) is 2.32. The Kier molecular flexibility index (Phi) is 6.12. The van der Waals surface area contributed by atoms with E-state index >= 15 is 0 Å². The van der Waals surface area contributed by atoms with Crippen LogP contribution in [0.2, 0.25) is 0 Å². The van der Waals surface area contributed by atoms with Gasteiger partial charge in [0.15, 0.2) is 14.9 Å². The van der Waals surface area contributed by atoms with Crippen LogP contribution in [0.5, 0.6) is 0 Å². The van der Waals surface area contributed by atoms with Crippen LogP contribution in [-0.4, -0.2) is 40.2 Å². The SMILES string of the molecule is CC(C)(CN)NS(=O)(=O)c1ccc(S(C)(=O)=O)nc1.Cl. The Morgan fingerprint density at radius 2 is 1.80 bits per heavy atom. The predicted octanol–water partition coefficient (Wildman–Crippen LogP) is -0.0775. The summed E-state index contributed by atoms with van der Waals surface area (Å²) >= 11 is 0. The second-order valence-electron chi connectivity index (χ2n) is 4.80. The smallest absolute Gasteiger partial charge is 0.242 e. The van der Waals surface area contributed by atoms with Crippen LogP contribution in [0.3, 0.4) is 0 Å². The Hall–Kier alpha value is -0.740. The van der Waals surface area contributed by atoms with Crippen LogP contribution in [0.4, 0.5) is 0 Å². The fourth-order valence-electron chi connectivity index (χ4n) is 1.21. The highest BCUT2D eigenvalue weighted by atomic mass is 35.5. The molecule has 0 bridgehead atoms. The number of pyridine rings is 1. The molecule has 1 aromatic heterocycles. The maximum atomic E-state index is 12.0. The van der Waals surface area contributed by atoms with Crippen molar-refractivity contribution in [3.05, 3.63) is 18.3 Å². The fraction of sp³-hybridized carbons (Fsp3) is 0.500. The number of rotatable bonds is 5. The molecule has 0 unspecified atom stereocenters. The van der Waals surface area contributed by atoms with Gasteiger partial charge in [-0.25, -0.2) is 26.5 Å². The Bertz CT molecular complexity index is 654. The minimum absolute atomic E-state index is 0. The van der Waals surface area contributed by atoms with Gasteiger partial charge in [0.05, 0.1) is 0 Å². The summed E-state index contributed by atoms with van der Waals surface area (Å²) in [6.07, 6.45) is 2.00. The quantitative estimate of drug-likeness (QED) is 0.771. The molecule has 1 aromatic rings. The van der Waals surface area contributed by atoms with Crippen molar-refractivity contribution in [2.45, 2.75) is 29.3 Å². The first-order chi connectivity index (χ1) is 8.48. The number of nitrogens with two attached hydrogens (primary N) is 1. The lowest BCUT2D eigenvalue weighted by atomic mass is 10.1. The van der Waals surface area contributed by atoms with Gasteiger partial charge in [-0.2, -0.15) is 0 Å². The summed E-state index contributed by atoms with van der Waals surface area (Å²) in [5, 5.41) is -0.176. The van der Waals surface area contributed by atoms with Gasteiger partial charge >= 0.3 is 0 Å². The molecule has 0 amide bonds. The van der Waals surface area contributed by atoms with Crippen molar-refractivity contribution in [3.8, 4) is 0 Å². The lowest BCUT2D eigenvalue weighted by molar-refractivity contribution is 0.462. The largest absolute Gasteiger partial charge is 0.329 e. The van der Waals surface area contributed by atoms with E-state index in [0.717, 1.165) is 18.5 Å². The highest BCUT2D eigenvalue weighted by Gasteiger charge is 2.25. The highest BCUT2D eigenvalue weighted by molar-refractivity contribution is 7.90. The molecule has 0 aliphatic heterocycles. The molecular formula is C10H18ClN3O4S2. The second kappa shape index (κ2) is 6.35. The van der Waals surface area contributed by atoms with Crippen LogP contribution in [-0.2, 0) is 19.9 Å². The Labute approximate surface area is 125 Å². The Morgan fingerprint density at radius 3 is 2.15 bits per heavy atom. The van der Waals surface area contributed by atoms with Gasteiger partial charge in [-0.15, -0.1) is 12.4 Å². The van der Waals surface area contributed by atoms with E-state index in [9.17, 15) is 16.8 Å². The number of nitrogens with zero attached hydrogens (tertiary/aromatic N) is 1. The molecule has 116 valence electrons. The summed E-state index contributed by atoms with van der Waals surface area (Å²) in [6, 6.07) is 2.34. The predicted molar refractivity (Wildman–Crippen MR) is 78.0 cm³/mol. The topological polar surface area (TPSA) is 119 Å². The molecule has 0 radical (unpaired) electrons. The van der Waals surface area contributed by atoms with Gasteiger partial charge in [-0.1, -0.05) is 0 Å². The third-order valence-corrected chi connectivity index (χ3v) is 5.01. The molecule has 0 spiro atoms. The van der Waals surface area contributed by atoms with Gasteiger partial charge in [-0.3, -0.25) is 0 Å². The molecule has 0 saturated heterocycles. The molecule has 10 heteroatoms. The van der Waals surface area contributed by atoms with Gasteiger partial charge in [0.2, 0.25) is 10.0 Å². The minimum atomic E-state index is -3.78. The van der Waals surface area contributed by atoms with E-state index in [1.165, 1.54) is 6.07 Å². The van der Waals surface area contributed by atoms with E-state index in [-0.39, 0.29) is 28.9 Å². The maximum Gasteiger partial charge on any atom is 0.242 e. The molecule has 0 atom stereocenters. The molecule has 0 aliphatic rings. The van der Waals surface area contributed by atoms with Crippen molar-refractivity contribution >= 4 is 32.3 Å². The van der Waals surface area contributed by atoms with Crippen LogP contribution in [0.15, 0.2) is 28.3 Å². The molecule has 0 aromatic carbocycles. The molecule has 3 N–H and O–H groups in total.